The van der Waals surface area contributed by atoms with Gasteiger partial charge >= 0.3 is 6.01 Å². The van der Waals surface area contributed by atoms with Gasteiger partial charge in [0.25, 0.3) is 5.56 Å². The van der Waals surface area contributed by atoms with Crippen molar-refractivity contribution in [1.82, 2.24) is 9.55 Å². The first-order valence-corrected chi connectivity index (χ1v) is 7.94. The van der Waals surface area contributed by atoms with Gasteiger partial charge < -0.3 is 18.9 Å². The molecule has 0 saturated carbocycles. The molecule has 2 aliphatic heterocycles. The molecule has 7 nitrogen and oxygen atoms in total. The summed E-state index contributed by atoms with van der Waals surface area (Å²) in [4.78, 5) is 15.6. The van der Waals surface area contributed by atoms with E-state index in [2.05, 4.69) is 11.6 Å². The van der Waals surface area contributed by atoms with Gasteiger partial charge in [0.1, 0.15) is 24.2 Å². The largest absolute Gasteiger partial charge is 0.497 e. The minimum atomic E-state index is -0.376. The summed E-state index contributed by atoms with van der Waals surface area (Å²) in [5.41, 5.74) is 1.02. The van der Waals surface area contributed by atoms with Crippen LogP contribution in [-0.4, -0.2) is 35.5 Å². The molecule has 1 aromatic carbocycles. The number of aryl methyl sites for hydroxylation is 1. The zero-order chi connectivity index (χ0) is 17.6. The Morgan fingerprint density at radius 2 is 2.00 bits per heavy atom. The SMILES string of the molecule is C=C1[C@@H](COc2ccc(OC)cc2)O[C@@H]2[C@H]1Oc1nc(=O)c(C)cn12. The van der Waals surface area contributed by atoms with E-state index in [9.17, 15) is 4.79 Å². The smallest absolute Gasteiger partial charge is 0.302 e. The van der Waals surface area contributed by atoms with Crippen LogP contribution >= 0.6 is 0 Å². The van der Waals surface area contributed by atoms with E-state index in [-0.39, 0.29) is 30.0 Å². The minimum absolute atomic E-state index is 0.265. The topological polar surface area (TPSA) is 71.8 Å². The van der Waals surface area contributed by atoms with Crippen molar-refractivity contribution in [3.8, 4) is 17.5 Å². The van der Waals surface area contributed by atoms with Crippen LogP contribution in [0.3, 0.4) is 0 Å². The van der Waals surface area contributed by atoms with E-state index in [4.69, 9.17) is 18.9 Å². The lowest BCUT2D eigenvalue weighted by Crippen LogP contribution is -2.22. The normalized spacial score (nSPS) is 23.8. The van der Waals surface area contributed by atoms with Crippen molar-refractivity contribution >= 4 is 0 Å². The zero-order valence-electron chi connectivity index (χ0n) is 14.0. The number of nitrogens with zero attached hydrogens (tertiary/aromatic N) is 2. The van der Waals surface area contributed by atoms with Gasteiger partial charge in [-0.1, -0.05) is 6.58 Å². The second-order valence-corrected chi connectivity index (χ2v) is 6.03. The van der Waals surface area contributed by atoms with Crippen molar-refractivity contribution in [2.24, 2.45) is 0 Å². The first kappa shape index (κ1) is 15.7. The summed E-state index contributed by atoms with van der Waals surface area (Å²) >= 11 is 0. The maximum atomic E-state index is 11.7. The maximum Gasteiger partial charge on any atom is 0.302 e. The monoisotopic (exact) mass is 342 g/mol. The Morgan fingerprint density at radius 3 is 2.72 bits per heavy atom. The third-order valence-electron chi connectivity index (χ3n) is 4.40. The molecule has 0 radical (unpaired) electrons. The summed E-state index contributed by atoms with van der Waals surface area (Å²) in [5, 5.41) is 0. The number of benzene rings is 1. The predicted octanol–water partition coefficient (Wildman–Crippen LogP) is 1.85. The first-order chi connectivity index (χ1) is 12.1. The molecule has 0 amide bonds. The van der Waals surface area contributed by atoms with Gasteiger partial charge in [-0.3, -0.25) is 9.36 Å². The van der Waals surface area contributed by atoms with Crippen molar-refractivity contribution < 1.29 is 18.9 Å². The molecule has 1 fully saturated rings. The van der Waals surface area contributed by atoms with Gasteiger partial charge in [-0.15, -0.1) is 0 Å². The molecule has 0 unspecified atom stereocenters. The van der Waals surface area contributed by atoms with Gasteiger partial charge in [0, 0.05) is 11.8 Å². The molecular weight excluding hydrogens is 324 g/mol. The van der Waals surface area contributed by atoms with E-state index in [1.807, 2.05) is 24.3 Å². The lowest BCUT2D eigenvalue weighted by molar-refractivity contribution is -0.0187. The fraction of sp³-hybridized carbons (Fsp3) is 0.333. The Bertz CT molecular complexity index is 874. The Balaban J connectivity index is 1.46. The van der Waals surface area contributed by atoms with Gasteiger partial charge in [-0.25, -0.2) is 0 Å². The Hall–Kier alpha value is -2.80. The Kier molecular flexibility index (Phi) is 3.73. The molecule has 0 aliphatic carbocycles. The molecule has 7 heteroatoms. The average molecular weight is 342 g/mol. The van der Waals surface area contributed by atoms with E-state index in [0.717, 1.165) is 17.1 Å². The van der Waals surface area contributed by atoms with Crippen LogP contribution in [0.1, 0.15) is 11.8 Å². The van der Waals surface area contributed by atoms with Crippen LogP contribution in [0.4, 0.5) is 0 Å². The van der Waals surface area contributed by atoms with E-state index in [1.165, 1.54) is 0 Å². The second kappa shape index (κ2) is 5.93. The standard InChI is InChI=1S/C18H18N2O5/c1-10-8-20-17-15(25-18(20)19-16(10)21)11(2)14(24-17)9-23-13-6-4-12(22-3)5-7-13/h4-8,14-15,17H,2,9H2,1,3H3/t14-,15+,17-/m1/s1. The summed E-state index contributed by atoms with van der Waals surface area (Å²) in [6.45, 7) is 6.11. The summed E-state index contributed by atoms with van der Waals surface area (Å²) in [5.74, 6) is 1.49. The average Bonchev–Trinajstić information content (AvgIpc) is 3.11. The molecule has 2 aliphatic rings. The quantitative estimate of drug-likeness (QED) is 0.790. The molecule has 130 valence electrons. The van der Waals surface area contributed by atoms with Crippen LogP contribution < -0.4 is 19.8 Å². The fourth-order valence-corrected chi connectivity index (χ4v) is 2.96. The lowest BCUT2D eigenvalue weighted by atomic mass is 10.1. The molecule has 0 N–H and O–H groups in total. The van der Waals surface area contributed by atoms with E-state index >= 15 is 0 Å². The number of ether oxygens (including phenoxy) is 4. The van der Waals surface area contributed by atoms with Gasteiger partial charge in [-0.05, 0) is 36.8 Å². The first-order valence-electron chi connectivity index (χ1n) is 7.94. The number of fused-ring (bicyclic) bond motifs is 3. The molecule has 2 aromatic rings. The van der Waals surface area contributed by atoms with Crippen molar-refractivity contribution in [2.45, 2.75) is 25.4 Å². The predicted molar refractivity (Wildman–Crippen MR) is 89.2 cm³/mol. The minimum Gasteiger partial charge on any atom is -0.497 e. The number of aromatic nitrogens is 2. The van der Waals surface area contributed by atoms with Gasteiger partial charge in [0.05, 0.1) is 7.11 Å². The van der Waals surface area contributed by atoms with Crippen molar-refractivity contribution in [2.75, 3.05) is 13.7 Å². The van der Waals surface area contributed by atoms with Crippen molar-refractivity contribution in [3.05, 3.63) is 58.5 Å². The van der Waals surface area contributed by atoms with Crippen LogP contribution in [0.25, 0.3) is 0 Å². The van der Waals surface area contributed by atoms with Gasteiger partial charge in [0.15, 0.2) is 12.3 Å². The highest BCUT2D eigenvalue weighted by Crippen LogP contribution is 2.41. The molecule has 0 spiro atoms. The molecule has 3 atom stereocenters. The highest BCUT2D eigenvalue weighted by molar-refractivity contribution is 5.31. The van der Waals surface area contributed by atoms with E-state index in [0.29, 0.717) is 12.2 Å². The van der Waals surface area contributed by atoms with Crippen molar-refractivity contribution in [1.29, 1.82) is 0 Å². The lowest BCUT2D eigenvalue weighted by Gasteiger charge is -2.16. The fourth-order valence-electron chi connectivity index (χ4n) is 2.96. The molecule has 4 rings (SSSR count). The van der Waals surface area contributed by atoms with E-state index in [1.54, 1.807) is 24.8 Å². The second-order valence-electron chi connectivity index (χ2n) is 6.03. The summed E-state index contributed by atoms with van der Waals surface area (Å²) in [6, 6.07) is 7.60. The number of hydrogen-bond acceptors (Lipinski definition) is 6. The molecule has 1 aromatic heterocycles. The third kappa shape index (κ3) is 2.66. The molecule has 0 bridgehead atoms. The van der Waals surface area contributed by atoms with Gasteiger partial charge in [0.2, 0.25) is 0 Å². The van der Waals surface area contributed by atoms with E-state index < -0.39 is 0 Å². The Labute approximate surface area is 144 Å². The molecule has 3 heterocycles. The summed E-state index contributed by atoms with van der Waals surface area (Å²) < 4.78 is 24.4. The van der Waals surface area contributed by atoms with Gasteiger partial charge in [-0.2, -0.15) is 4.98 Å². The van der Waals surface area contributed by atoms with Crippen LogP contribution in [0, 0.1) is 6.92 Å². The zero-order valence-corrected chi connectivity index (χ0v) is 14.0. The highest BCUT2D eigenvalue weighted by Gasteiger charge is 2.47. The van der Waals surface area contributed by atoms with Crippen LogP contribution in [0.2, 0.25) is 0 Å². The molecular formula is C18H18N2O5. The molecule has 25 heavy (non-hydrogen) atoms. The number of methoxy groups -OCH3 is 1. The number of rotatable bonds is 4. The van der Waals surface area contributed by atoms with Crippen LogP contribution in [-0.2, 0) is 4.74 Å². The summed E-state index contributed by atoms with van der Waals surface area (Å²) in [6.07, 6.45) is 0.664. The molecule has 1 saturated heterocycles. The third-order valence-corrected chi connectivity index (χ3v) is 4.40. The van der Waals surface area contributed by atoms with Crippen molar-refractivity contribution in [3.63, 3.8) is 0 Å². The summed E-state index contributed by atoms with van der Waals surface area (Å²) in [7, 11) is 1.62. The maximum absolute atomic E-state index is 11.7. The Morgan fingerprint density at radius 1 is 1.28 bits per heavy atom. The highest BCUT2D eigenvalue weighted by atomic mass is 16.6. The van der Waals surface area contributed by atoms with Crippen LogP contribution in [0.5, 0.6) is 17.5 Å². The van der Waals surface area contributed by atoms with Crippen LogP contribution in [0.15, 0.2) is 47.4 Å². The number of hydrogen-bond donors (Lipinski definition) is 0.